The number of ether oxygens (including phenoxy) is 2. The van der Waals surface area contributed by atoms with Crippen molar-refractivity contribution in [2.75, 3.05) is 26.9 Å². The molecule has 0 spiro atoms. The summed E-state index contributed by atoms with van der Waals surface area (Å²) >= 11 is 0. The van der Waals surface area contributed by atoms with Crippen molar-refractivity contribution in [2.45, 2.75) is 65.5 Å². The van der Waals surface area contributed by atoms with Crippen molar-refractivity contribution in [3.63, 3.8) is 0 Å². The third-order valence-corrected chi connectivity index (χ3v) is 4.30. The van der Waals surface area contributed by atoms with E-state index in [1.165, 1.54) is 19.3 Å². The molecule has 0 aromatic carbocycles. The molecule has 0 aromatic rings. The molecule has 0 heterocycles. The van der Waals surface area contributed by atoms with Crippen molar-refractivity contribution in [3.8, 4) is 0 Å². The van der Waals surface area contributed by atoms with Crippen LogP contribution in [0.2, 0.25) is 0 Å². The van der Waals surface area contributed by atoms with Gasteiger partial charge in [0.2, 0.25) is 0 Å². The predicted octanol–water partition coefficient (Wildman–Crippen LogP) is 3.23. The van der Waals surface area contributed by atoms with Gasteiger partial charge in [0.25, 0.3) is 0 Å². The fraction of sp³-hybridized carbons (Fsp3) is 1.00. The van der Waals surface area contributed by atoms with E-state index in [9.17, 15) is 0 Å². The highest BCUT2D eigenvalue weighted by molar-refractivity contribution is 4.89. The molecule has 3 unspecified atom stereocenters. The molecule has 1 fully saturated rings. The van der Waals surface area contributed by atoms with Gasteiger partial charge in [0.05, 0.1) is 19.3 Å². The van der Waals surface area contributed by atoms with Crippen LogP contribution in [0.5, 0.6) is 0 Å². The Labute approximate surface area is 119 Å². The number of nitrogens with one attached hydrogen (secondary N) is 1. The van der Waals surface area contributed by atoms with Gasteiger partial charge < -0.3 is 14.8 Å². The summed E-state index contributed by atoms with van der Waals surface area (Å²) in [6.45, 7) is 11.5. The zero-order chi connectivity index (χ0) is 14.3. The molecule has 1 aliphatic rings. The molecule has 0 amide bonds. The normalized spacial score (nSPS) is 28.6. The number of rotatable bonds is 7. The van der Waals surface area contributed by atoms with Crippen LogP contribution in [0.1, 0.15) is 53.4 Å². The van der Waals surface area contributed by atoms with Crippen molar-refractivity contribution >= 4 is 0 Å². The molecule has 3 nitrogen and oxygen atoms in total. The average Bonchev–Trinajstić information content (AvgIpc) is 2.37. The summed E-state index contributed by atoms with van der Waals surface area (Å²) in [4.78, 5) is 0. The molecule has 0 saturated heterocycles. The first kappa shape index (κ1) is 16.9. The van der Waals surface area contributed by atoms with E-state index in [0.717, 1.165) is 32.2 Å². The Morgan fingerprint density at radius 3 is 2.42 bits per heavy atom. The Hall–Kier alpha value is -0.120. The Morgan fingerprint density at radius 2 is 1.84 bits per heavy atom. The first-order valence-corrected chi connectivity index (χ1v) is 7.85. The minimum atomic E-state index is 0.341. The minimum Gasteiger partial charge on any atom is -0.379 e. The van der Waals surface area contributed by atoms with Crippen LogP contribution < -0.4 is 5.32 Å². The van der Waals surface area contributed by atoms with Gasteiger partial charge in [0.1, 0.15) is 0 Å². The maximum Gasteiger partial charge on any atom is 0.0731 e. The van der Waals surface area contributed by atoms with E-state index in [1.807, 2.05) is 7.05 Å². The molecule has 1 aliphatic carbocycles. The minimum absolute atomic E-state index is 0.341. The summed E-state index contributed by atoms with van der Waals surface area (Å²) in [5, 5.41) is 3.41. The Morgan fingerprint density at radius 1 is 1.11 bits per heavy atom. The molecule has 1 rings (SSSR count). The lowest BCUT2D eigenvalue weighted by Gasteiger charge is -2.41. The van der Waals surface area contributed by atoms with Gasteiger partial charge in [-0.05, 0) is 44.1 Å². The molecule has 1 saturated carbocycles. The topological polar surface area (TPSA) is 30.5 Å². The molecular weight excluding hydrogens is 238 g/mol. The fourth-order valence-corrected chi connectivity index (χ4v) is 2.93. The zero-order valence-electron chi connectivity index (χ0n) is 13.5. The summed E-state index contributed by atoms with van der Waals surface area (Å²) in [5.41, 5.74) is 0.388. The highest BCUT2D eigenvalue weighted by atomic mass is 16.5. The first-order chi connectivity index (χ1) is 8.99. The zero-order valence-corrected chi connectivity index (χ0v) is 13.5. The number of likely N-dealkylation sites (N-methyl/N-ethyl adjacent to an activating group) is 1. The molecule has 0 aliphatic heterocycles. The van der Waals surface area contributed by atoms with E-state index < -0.39 is 0 Å². The first-order valence-electron chi connectivity index (χ1n) is 7.85. The van der Waals surface area contributed by atoms with Crippen LogP contribution in [-0.4, -0.2) is 39.0 Å². The fourth-order valence-electron chi connectivity index (χ4n) is 2.93. The number of hydrogen-bond acceptors (Lipinski definition) is 3. The van der Waals surface area contributed by atoms with Crippen LogP contribution in [0.25, 0.3) is 0 Å². The lowest BCUT2D eigenvalue weighted by molar-refractivity contribution is -0.0469. The summed E-state index contributed by atoms with van der Waals surface area (Å²) < 4.78 is 11.6. The van der Waals surface area contributed by atoms with Crippen LogP contribution in [0.4, 0.5) is 0 Å². The second-order valence-corrected chi connectivity index (χ2v) is 6.79. The van der Waals surface area contributed by atoms with Gasteiger partial charge in [-0.3, -0.25) is 0 Å². The summed E-state index contributed by atoms with van der Waals surface area (Å²) in [6.07, 6.45) is 5.12. The van der Waals surface area contributed by atoms with Gasteiger partial charge in [0.15, 0.2) is 0 Å². The smallest absolute Gasteiger partial charge is 0.0731 e. The Balaban J connectivity index is 2.37. The standard InChI is InChI=1S/C16H33NO2/c1-6-9-18-10-11-19-15-12-13(16(2,3)4)7-8-14(15)17-5/h13-15,17H,6-12H2,1-5H3. The van der Waals surface area contributed by atoms with Crippen LogP contribution >= 0.6 is 0 Å². The van der Waals surface area contributed by atoms with E-state index in [1.54, 1.807) is 0 Å². The molecule has 1 N–H and O–H groups in total. The second-order valence-electron chi connectivity index (χ2n) is 6.79. The van der Waals surface area contributed by atoms with Gasteiger partial charge in [-0.1, -0.05) is 27.7 Å². The van der Waals surface area contributed by atoms with Gasteiger partial charge in [-0.2, -0.15) is 0 Å². The van der Waals surface area contributed by atoms with E-state index in [2.05, 4.69) is 33.0 Å². The van der Waals surface area contributed by atoms with Gasteiger partial charge in [-0.15, -0.1) is 0 Å². The van der Waals surface area contributed by atoms with Gasteiger partial charge >= 0.3 is 0 Å². The van der Waals surface area contributed by atoms with E-state index in [4.69, 9.17) is 9.47 Å². The molecular formula is C16H33NO2. The summed E-state index contributed by atoms with van der Waals surface area (Å²) in [5.74, 6) is 0.763. The van der Waals surface area contributed by atoms with E-state index in [0.29, 0.717) is 17.6 Å². The van der Waals surface area contributed by atoms with Crippen LogP contribution in [0.3, 0.4) is 0 Å². The maximum atomic E-state index is 6.07. The molecule has 0 bridgehead atoms. The Bertz CT molecular complexity index is 237. The van der Waals surface area contributed by atoms with Crippen LogP contribution in [0, 0.1) is 11.3 Å². The average molecular weight is 271 g/mol. The SMILES string of the molecule is CCCOCCOC1CC(C(C)(C)C)CCC1NC. The highest BCUT2D eigenvalue weighted by Crippen LogP contribution is 2.38. The molecule has 19 heavy (non-hydrogen) atoms. The molecule has 0 aromatic heterocycles. The summed E-state index contributed by atoms with van der Waals surface area (Å²) in [6, 6.07) is 0.504. The van der Waals surface area contributed by atoms with E-state index >= 15 is 0 Å². The second kappa shape index (κ2) is 8.23. The van der Waals surface area contributed by atoms with Crippen molar-refractivity contribution in [2.24, 2.45) is 11.3 Å². The van der Waals surface area contributed by atoms with Crippen molar-refractivity contribution in [3.05, 3.63) is 0 Å². The van der Waals surface area contributed by atoms with Gasteiger partial charge in [-0.25, -0.2) is 0 Å². The highest BCUT2D eigenvalue weighted by Gasteiger charge is 2.35. The largest absolute Gasteiger partial charge is 0.379 e. The third-order valence-electron chi connectivity index (χ3n) is 4.30. The van der Waals surface area contributed by atoms with Crippen molar-refractivity contribution in [1.29, 1.82) is 0 Å². The molecule has 0 radical (unpaired) electrons. The monoisotopic (exact) mass is 271 g/mol. The molecule has 3 heteroatoms. The Kier molecular flexibility index (Phi) is 7.33. The quantitative estimate of drug-likeness (QED) is 0.721. The van der Waals surface area contributed by atoms with Crippen molar-refractivity contribution < 1.29 is 9.47 Å². The third kappa shape index (κ3) is 5.80. The summed E-state index contributed by atoms with van der Waals surface area (Å²) in [7, 11) is 2.05. The van der Waals surface area contributed by atoms with E-state index in [-0.39, 0.29) is 0 Å². The number of hydrogen-bond donors (Lipinski definition) is 1. The maximum absolute atomic E-state index is 6.07. The lowest BCUT2D eigenvalue weighted by Crippen LogP contribution is -2.46. The molecule has 114 valence electrons. The van der Waals surface area contributed by atoms with Crippen molar-refractivity contribution in [1.82, 2.24) is 5.32 Å². The van der Waals surface area contributed by atoms with Gasteiger partial charge in [0, 0.05) is 12.6 Å². The lowest BCUT2D eigenvalue weighted by atomic mass is 9.70. The predicted molar refractivity (Wildman–Crippen MR) is 80.5 cm³/mol. The van der Waals surface area contributed by atoms with Crippen LogP contribution in [0.15, 0.2) is 0 Å². The molecule has 3 atom stereocenters. The van der Waals surface area contributed by atoms with Crippen LogP contribution in [-0.2, 0) is 9.47 Å².